The Morgan fingerprint density at radius 1 is 1.07 bits per heavy atom. The van der Waals surface area contributed by atoms with E-state index in [9.17, 15) is 33.0 Å². The van der Waals surface area contributed by atoms with Crippen LogP contribution < -0.4 is 5.32 Å². The van der Waals surface area contributed by atoms with Gasteiger partial charge in [0, 0.05) is 10.9 Å². The van der Waals surface area contributed by atoms with Gasteiger partial charge in [0.25, 0.3) is 5.91 Å². The van der Waals surface area contributed by atoms with Crippen LogP contribution in [0.2, 0.25) is 0 Å². The van der Waals surface area contributed by atoms with Crippen molar-refractivity contribution >= 4 is 27.8 Å². The summed E-state index contributed by atoms with van der Waals surface area (Å²) in [4.78, 5) is 23.6. The molecule has 2 atom stereocenters. The Labute approximate surface area is 161 Å². The van der Waals surface area contributed by atoms with Crippen LogP contribution in [-0.4, -0.2) is 28.1 Å². The first-order valence-corrected chi connectivity index (χ1v) is 8.50. The van der Waals surface area contributed by atoms with Gasteiger partial charge in [-0.05, 0) is 29.3 Å². The van der Waals surface area contributed by atoms with E-state index >= 15 is 0 Å². The second-order valence-electron chi connectivity index (χ2n) is 5.72. The highest BCUT2D eigenvalue weighted by molar-refractivity contribution is 9.10. The highest BCUT2D eigenvalue weighted by atomic mass is 79.9. The molecule has 0 saturated heterocycles. The number of hydrogen-bond donors (Lipinski definition) is 3. The summed E-state index contributed by atoms with van der Waals surface area (Å²) in [6, 6.07) is 8.94. The van der Waals surface area contributed by atoms with Crippen LogP contribution in [-0.2, 0) is 22.2 Å². The van der Waals surface area contributed by atoms with E-state index in [1.807, 2.05) is 0 Å². The summed E-state index contributed by atoms with van der Waals surface area (Å²) < 4.78 is 38.4. The SMILES string of the molecule is O=C(N[C@H](Cc1ccccc1Br)C(=O)O)[C@@H](O)c1ccc(C(F)(F)F)cc1. The summed E-state index contributed by atoms with van der Waals surface area (Å²) in [5, 5.41) is 21.6. The Balaban J connectivity index is 2.10. The standard InChI is InChI=1S/C18H15BrF3NO4/c19-13-4-2-1-3-11(13)9-14(17(26)27)23-16(25)15(24)10-5-7-12(8-6-10)18(20,21)22/h1-8,14-15,24H,9H2,(H,23,25)(H,26,27)/t14-,15+/m1/s1. The van der Waals surface area contributed by atoms with Crippen LogP contribution in [0.15, 0.2) is 53.0 Å². The van der Waals surface area contributed by atoms with Gasteiger partial charge in [-0.1, -0.05) is 46.3 Å². The molecule has 0 aliphatic carbocycles. The number of amides is 1. The lowest BCUT2D eigenvalue weighted by Crippen LogP contribution is -2.44. The fourth-order valence-electron chi connectivity index (χ4n) is 2.34. The molecule has 2 rings (SSSR count). The molecule has 0 saturated carbocycles. The number of hydrogen-bond acceptors (Lipinski definition) is 3. The molecule has 0 heterocycles. The smallest absolute Gasteiger partial charge is 0.416 e. The van der Waals surface area contributed by atoms with Crippen LogP contribution in [0.3, 0.4) is 0 Å². The van der Waals surface area contributed by atoms with E-state index in [2.05, 4.69) is 21.2 Å². The zero-order chi connectivity index (χ0) is 20.2. The normalized spacial score (nSPS) is 13.7. The molecule has 0 radical (unpaired) electrons. The number of carbonyl (C=O) groups excluding carboxylic acids is 1. The maximum atomic E-state index is 12.6. The second-order valence-corrected chi connectivity index (χ2v) is 6.57. The van der Waals surface area contributed by atoms with E-state index in [-0.39, 0.29) is 12.0 Å². The van der Waals surface area contributed by atoms with Gasteiger partial charge in [0.2, 0.25) is 0 Å². The number of aliphatic carboxylic acids is 1. The summed E-state index contributed by atoms with van der Waals surface area (Å²) in [7, 11) is 0. The number of carboxylic acids is 1. The molecule has 0 aromatic heterocycles. The van der Waals surface area contributed by atoms with Crippen molar-refractivity contribution in [2.75, 3.05) is 0 Å². The lowest BCUT2D eigenvalue weighted by molar-refractivity contribution is -0.143. The molecule has 0 aliphatic rings. The van der Waals surface area contributed by atoms with Crippen LogP contribution in [0.4, 0.5) is 13.2 Å². The molecule has 0 spiro atoms. The van der Waals surface area contributed by atoms with Gasteiger partial charge in [-0.3, -0.25) is 4.79 Å². The van der Waals surface area contributed by atoms with Gasteiger partial charge in [-0.25, -0.2) is 4.79 Å². The lowest BCUT2D eigenvalue weighted by Gasteiger charge is -2.18. The summed E-state index contributed by atoms with van der Waals surface area (Å²) in [6.45, 7) is 0. The van der Waals surface area contributed by atoms with Crippen LogP contribution in [0.1, 0.15) is 22.8 Å². The van der Waals surface area contributed by atoms with Gasteiger partial charge in [0.05, 0.1) is 5.56 Å². The lowest BCUT2D eigenvalue weighted by atomic mass is 10.0. The molecular formula is C18H15BrF3NO4. The fraction of sp³-hybridized carbons (Fsp3) is 0.222. The maximum absolute atomic E-state index is 12.6. The van der Waals surface area contributed by atoms with Crippen LogP contribution in [0, 0.1) is 0 Å². The van der Waals surface area contributed by atoms with Crippen LogP contribution in [0.5, 0.6) is 0 Å². The number of nitrogens with one attached hydrogen (secondary N) is 1. The summed E-state index contributed by atoms with van der Waals surface area (Å²) in [5.74, 6) is -2.33. The molecule has 2 aromatic rings. The average molecular weight is 446 g/mol. The van der Waals surface area contributed by atoms with E-state index in [4.69, 9.17) is 0 Å². The molecule has 144 valence electrons. The molecule has 0 bridgehead atoms. The highest BCUT2D eigenvalue weighted by Crippen LogP contribution is 2.30. The van der Waals surface area contributed by atoms with Crippen molar-refractivity contribution in [2.24, 2.45) is 0 Å². The van der Waals surface area contributed by atoms with Gasteiger partial charge < -0.3 is 15.5 Å². The molecule has 0 aliphatic heterocycles. The minimum atomic E-state index is -4.54. The van der Waals surface area contributed by atoms with Crippen molar-refractivity contribution in [3.63, 3.8) is 0 Å². The molecule has 27 heavy (non-hydrogen) atoms. The quantitative estimate of drug-likeness (QED) is 0.636. The van der Waals surface area contributed by atoms with Crippen LogP contribution in [0.25, 0.3) is 0 Å². The fourth-order valence-corrected chi connectivity index (χ4v) is 2.79. The average Bonchev–Trinajstić information content (AvgIpc) is 2.61. The molecule has 0 unspecified atom stereocenters. The Kier molecular flexibility index (Phi) is 6.61. The van der Waals surface area contributed by atoms with Crippen molar-refractivity contribution in [1.29, 1.82) is 0 Å². The van der Waals surface area contributed by atoms with Crippen molar-refractivity contribution < 1.29 is 33.0 Å². The van der Waals surface area contributed by atoms with Gasteiger partial charge in [-0.15, -0.1) is 0 Å². The molecular weight excluding hydrogens is 431 g/mol. The number of rotatable bonds is 6. The number of alkyl halides is 3. The van der Waals surface area contributed by atoms with Gasteiger partial charge in [0.1, 0.15) is 6.04 Å². The van der Waals surface area contributed by atoms with Crippen molar-refractivity contribution in [3.05, 3.63) is 69.7 Å². The Hall–Kier alpha value is -2.39. The van der Waals surface area contributed by atoms with Gasteiger partial charge >= 0.3 is 12.1 Å². The number of aliphatic hydroxyl groups excluding tert-OH is 1. The Morgan fingerprint density at radius 2 is 1.67 bits per heavy atom. The largest absolute Gasteiger partial charge is 0.480 e. The topological polar surface area (TPSA) is 86.6 Å². The monoisotopic (exact) mass is 445 g/mol. The number of carboxylic acid groups (broad SMARTS) is 1. The second kappa shape index (κ2) is 8.53. The third-order valence-electron chi connectivity index (χ3n) is 3.80. The zero-order valence-electron chi connectivity index (χ0n) is 13.7. The zero-order valence-corrected chi connectivity index (χ0v) is 15.3. The predicted molar refractivity (Wildman–Crippen MR) is 93.8 cm³/mol. The van der Waals surface area contributed by atoms with Gasteiger partial charge in [-0.2, -0.15) is 13.2 Å². The number of halogens is 4. The maximum Gasteiger partial charge on any atom is 0.416 e. The molecule has 1 amide bonds. The molecule has 5 nitrogen and oxygen atoms in total. The minimum absolute atomic E-state index is 0.0395. The van der Waals surface area contributed by atoms with Crippen LogP contribution >= 0.6 is 15.9 Å². The Bertz CT molecular complexity index is 824. The minimum Gasteiger partial charge on any atom is -0.480 e. The summed E-state index contributed by atoms with van der Waals surface area (Å²) in [5.41, 5.74) is -0.365. The number of carbonyl (C=O) groups is 2. The predicted octanol–water partition coefficient (Wildman–Crippen LogP) is 3.31. The van der Waals surface area contributed by atoms with E-state index in [1.165, 1.54) is 0 Å². The molecule has 2 aromatic carbocycles. The van der Waals surface area contributed by atoms with E-state index in [1.54, 1.807) is 24.3 Å². The molecule has 0 fully saturated rings. The first-order chi connectivity index (χ1) is 12.6. The summed E-state index contributed by atoms with van der Waals surface area (Å²) >= 11 is 3.28. The van der Waals surface area contributed by atoms with Crippen molar-refractivity contribution in [1.82, 2.24) is 5.32 Å². The van der Waals surface area contributed by atoms with E-state index < -0.39 is 35.8 Å². The van der Waals surface area contributed by atoms with Gasteiger partial charge in [0.15, 0.2) is 6.10 Å². The third kappa shape index (κ3) is 5.54. The Morgan fingerprint density at radius 3 is 2.19 bits per heavy atom. The van der Waals surface area contributed by atoms with Crippen molar-refractivity contribution in [3.8, 4) is 0 Å². The third-order valence-corrected chi connectivity index (χ3v) is 4.57. The first kappa shape index (κ1) is 20.9. The first-order valence-electron chi connectivity index (χ1n) is 7.71. The van der Waals surface area contributed by atoms with E-state index in [0.717, 1.165) is 24.3 Å². The number of benzene rings is 2. The molecule has 9 heteroatoms. The number of aliphatic hydroxyl groups is 1. The van der Waals surface area contributed by atoms with E-state index in [0.29, 0.717) is 10.0 Å². The highest BCUT2D eigenvalue weighted by Gasteiger charge is 2.31. The molecule has 3 N–H and O–H groups in total. The summed E-state index contributed by atoms with van der Waals surface area (Å²) in [6.07, 6.45) is -6.38. The van der Waals surface area contributed by atoms with Crippen molar-refractivity contribution in [2.45, 2.75) is 24.7 Å².